The molecule has 2 heteroatoms. The summed E-state index contributed by atoms with van der Waals surface area (Å²) < 4.78 is 0. The number of nitrogens with zero attached hydrogens (tertiary/aromatic N) is 2. The first-order valence-corrected chi connectivity index (χ1v) is 12.6. The summed E-state index contributed by atoms with van der Waals surface area (Å²) in [6, 6.07) is 29.5. The van der Waals surface area contributed by atoms with Crippen LogP contribution in [0, 0.1) is 0 Å². The van der Waals surface area contributed by atoms with Crippen LogP contribution < -0.4 is 4.90 Å². The molecule has 9 rings (SSSR count). The standard InChI is InChI=1S/C33H22N2/c1-3-9-25-20(7-1)16-28-27(25)18-24-15-22-12-11-21-14-19-6-2-4-10-26(19)30(21)32(22)35-31(24)29(28)17-23-8-5-13-34-33(23)35/h1-13,18H,14-17H2. The maximum absolute atomic E-state index is 4.98. The Morgan fingerprint density at radius 2 is 1.23 bits per heavy atom. The third-order valence-electron chi connectivity index (χ3n) is 8.56. The van der Waals surface area contributed by atoms with Crippen molar-refractivity contribution >= 4 is 17.2 Å². The molecule has 0 unspecified atom stereocenters. The quantitative estimate of drug-likeness (QED) is 0.240. The van der Waals surface area contributed by atoms with Crippen molar-refractivity contribution in [3.8, 4) is 22.3 Å². The highest BCUT2D eigenvalue weighted by atomic mass is 15.2. The summed E-state index contributed by atoms with van der Waals surface area (Å²) in [5, 5.41) is 0. The lowest BCUT2D eigenvalue weighted by Gasteiger charge is -2.40. The molecule has 1 aromatic heterocycles. The molecule has 5 aromatic rings. The molecule has 0 saturated carbocycles. The van der Waals surface area contributed by atoms with Crippen LogP contribution in [0.1, 0.15) is 44.5 Å². The van der Waals surface area contributed by atoms with Crippen molar-refractivity contribution in [2.24, 2.45) is 0 Å². The van der Waals surface area contributed by atoms with Crippen LogP contribution in [0.25, 0.3) is 22.3 Å². The van der Waals surface area contributed by atoms with Gasteiger partial charge in [0.2, 0.25) is 0 Å². The predicted molar refractivity (Wildman–Crippen MR) is 141 cm³/mol. The van der Waals surface area contributed by atoms with Crippen molar-refractivity contribution in [1.29, 1.82) is 0 Å². The van der Waals surface area contributed by atoms with E-state index in [0.717, 1.165) is 31.5 Å². The van der Waals surface area contributed by atoms with Gasteiger partial charge in [-0.3, -0.25) is 4.90 Å². The van der Waals surface area contributed by atoms with E-state index in [1.54, 1.807) is 0 Å². The van der Waals surface area contributed by atoms with Crippen molar-refractivity contribution < 1.29 is 0 Å². The van der Waals surface area contributed by atoms with Gasteiger partial charge < -0.3 is 0 Å². The van der Waals surface area contributed by atoms with Gasteiger partial charge in [0.1, 0.15) is 5.82 Å². The van der Waals surface area contributed by atoms with Gasteiger partial charge in [-0.25, -0.2) is 4.98 Å². The molecule has 0 saturated heterocycles. The van der Waals surface area contributed by atoms with Gasteiger partial charge in [0.15, 0.2) is 0 Å². The zero-order chi connectivity index (χ0) is 22.7. The number of benzene rings is 4. The summed E-state index contributed by atoms with van der Waals surface area (Å²) in [5.41, 5.74) is 19.9. The second-order valence-electron chi connectivity index (χ2n) is 10.3. The minimum Gasteiger partial charge on any atom is -0.293 e. The van der Waals surface area contributed by atoms with Gasteiger partial charge >= 0.3 is 0 Å². The minimum atomic E-state index is 0.958. The molecule has 0 radical (unpaired) electrons. The van der Waals surface area contributed by atoms with Crippen LogP contribution in [0.2, 0.25) is 0 Å². The van der Waals surface area contributed by atoms with E-state index in [0.29, 0.717) is 0 Å². The Hall–Kier alpha value is -4.17. The second kappa shape index (κ2) is 6.28. The second-order valence-corrected chi connectivity index (χ2v) is 10.3. The summed E-state index contributed by atoms with van der Waals surface area (Å²) in [5.74, 6) is 1.11. The average molecular weight is 447 g/mol. The summed E-state index contributed by atoms with van der Waals surface area (Å²) in [4.78, 5) is 7.52. The monoisotopic (exact) mass is 446 g/mol. The number of aromatic nitrogens is 1. The Bertz CT molecular complexity index is 1760. The molecule has 2 aliphatic carbocycles. The largest absolute Gasteiger partial charge is 0.293 e. The summed E-state index contributed by atoms with van der Waals surface area (Å²) in [6.45, 7) is 0. The Balaban J connectivity index is 1.38. The maximum Gasteiger partial charge on any atom is 0.141 e. The number of anilines is 3. The lowest BCUT2D eigenvalue weighted by molar-refractivity contribution is 0.967. The highest BCUT2D eigenvalue weighted by Gasteiger charge is 2.39. The number of pyridine rings is 1. The smallest absolute Gasteiger partial charge is 0.141 e. The lowest BCUT2D eigenvalue weighted by atomic mass is 9.82. The number of fused-ring (bicyclic) bond motifs is 12. The fourth-order valence-corrected chi connectivity index (χ4v) is 7.14. The van der Waals surface area contributed by atoms with Crippen LogP contribution in [-0.4, -0.2) is 4.98 Å². The van der Waals surface area contributed by atoms with E-state index >= 15 is 0 Å². The number of hydrogen-bond acceptors (Lipinski definition) is 2. The zero-order valence-corrected chi connectivity index (χ0v) is 19.3. The highest BCUT2D eigenvalue weighted by Crippen LogP contribution is 2.57. The minimum absolute atomic E-state index is 0.958. The maximum atomic E-state index is 4.98. The number of rotatable bonds is 0. The molecule has 164 valence electrons. The van der Waals surface area contributed by atoms with Gasteiger partial charge in [-0.1, -0.05) is 66.7 Å². The molecular weight excluding hydrogens is 424 g/mol. The van der Waals surface area contributed by atoms with E-state index in [1.807, 2.05) is 6.20 Å². The number of hydrogen-bond donors (Lipinski definition) is 0. The van der Waals surface area contributed by atoms with E-state index in [-0.39, 0.29) is 0 Å². The molecule has 2 nitrogen and oxygen atoms in total. The van der Waals surface area contributed by atoms with Crippen molar-refractivity contribution in [2.75, 3.05) is 4.90 Å². The average Bonchev–Trinajstić information content (AvgIpc) is 3.47. The SMILES string of the molecule is c1ccc2c(c1)Cc1c-2cc2c3c1Cc1cccnc1N3c1c(ccc3c1-c1ccccc1C3)C2. The molecule has 0 N–H and O–H groups in total. The van der Waals surface area contributed by atoms with Gasteiger partial charge in [0.05, 0.1) is 11.4 Å². The van der Waals surface area contributed by atoms with E-state index in [9.17, 15) is 0 Å². The normalized spacial score (nSPS) is 14.9. The first-order valence-electron chi connectivity index (χ1n) is 12.6. The van der Waals surface area contributed by atoms with E-state index < -0.39 is 0 Å². The first kappa shape index (κ1) is 18.2. The zero-order valence-electron chi connectivity index (χ0n) is 19.3. The lowest BCUT2D eigenvalue weighted by Crippen LogP contribution is -2.27. The fraction of sp³-hybridized carbons (Fsp3) is 0.121. The summed E-state index contributed by atoms with van der Waals surface area (Å²) >= 11 is 0. The van der Waals surface area contributed by atoms with Crippen molar-refractivity contribution in [2.45, 2.75) is 25.7 Å². The van der Waals surface area contributed by atoms with Crippen LogP contribution in [0.5, 0.6) is 0 Å². The van der Waals surface area contributed by atoms with E-state index in [1.165, 1.54) is 78.1 Å². The third kappa shape index (κ3) is 2.23. The van der Waals surface area contributed by atoms with Gasteiger partial charge in [0, 0.05) is 24.6 Å². The molecule has 2 aliphatic heterocycles. The fourth-order valence-electron chi connectivity index (χ4n) is 7.14. The van der Waals surface area contributed by atoms with Crippen LogP contribution >= 0.6 is 0 Å². The van der Waals surface area contributed by atoms with Gasteiger partial charge in [-0.05, 0) is 86.2 Å². The molecule has 0 atom stereocenters. The predicted octanol–water partition coefficient (Wildman–Crippen LogP) is 7.50. The van der Waals surface area contributed by atoms with E-state index in [2.05, 4.69) is 83.8 Å². The van der Waals surface area contributed by atoms with Crippen molar-refractivity contribution in [1.82, 2.24) is 4.98 Å². The Morgan fingerprint density at radius 1 is 0.514 bits per heavy atom. The highest BCUT2D eigenvalue weighted by molar-refractivity contribution is 6.00. The van der Waals surface area contributed by atoms with Crippen molar-refractivity contribution in [3.63, 3.8) is 0 Å². The molecule has 0 bridgehead atoms. The Kier molecular flexibility index (Phi) is 3.27. The van der Waals surface area contributed by atoms with Gasteiger partial charge in [-0.15, -0.1) is 0 Å². The molecular formula is C33H22N2. The molecule has 3 heterocycles. The van der Waals surface area contributed by atoms with Crippen molar-refractivity contribution in [3.05, 3.63) is 130 Å². The molecule has 0 amide bonds. The molecule has 4 aromatic carbocycles. The summed E-state index contributed by atoms with van der Waals surface area (Å²) in [7, 11) is 0. The Morgan fingerprint density at radius 3 is 2.14 bits per heavy atom. The van der Waals surface area contributed by atoms with Gasteiger partial charge in [-0.2, -0.15) is 0 Å². The van der Waals surface area contributed by atoms with Gasteiger partial charge in [0.25, 0.3) is 0 Å². The molecule has 0 spiro atoms. The topological polar surface area (TPSA) is 16.1 Å². The molecule has 0 fully saturated rings. The summed E-state index contributed by atoms with van der Waals surface area (Å²) in [6.07, 6.45) is 5.93. The molecule has 4 aliphatic rings. The van der Waals surface area contributed by atoms with Crippen LogP contribution in [0.15, 0.2) is 85.1 Å². The van der Waals surface area contributed by atoms with Crippen LogP contribution in [-0.2, 0) is 25.7 Å². The van der Waals surface area contributed by atoms with E-state index in [4.69, 9.17) is 4.98 Å². The first-order chi connectivity index (χ1) is 17.3. The Labute approximate surface area is 204 Å². The molecule has 35 heavy (non-hydrogen) atoms. The van der Waals surface area contributed by atoms with Crippen LogP contribution in [0.3, 0.4) is 0 Å². The third-order valence-corrected chi connectivity index (χ3v) is 8.56. The van der Waals surface area contributed by atoms with Crippen LogP contribution in [0.4, 0.5) is 17.2 Å².